The number of esters is 1. The molecule has 48 heavy (non-hydrogen) atoms. The molecule has 5 rings (SSSR count). The Morgan fingerprint density at radius 1 is 1.10 bits per heavy atom. The third-order valence-electron chi connectivity index (χ3n) is 7.59. The van der Waals surface area contributed by atoms with E-state index in [-0.39, 0.29) is 12.4 Å². The first kappa shape index (κ1) is 34.5. The fourth-order valence-corrected chi connectivity index (χ4v) is 6.76. The molecule has 16 nitrogen and oxygen atoms in total. The molecule has 1 unspecified atom stereocenters. The normalized spacial score (nSPS) is 22.5. The molecule has 1 aromatic heterocycles. The number of hydrogen-bond donors (Lipinski definition) is 4. The van der Waals surface area contributed by atoms with E-state index >= 15 is 0 Å². The van der Waals surface area contributed by atoms with Crippen LogP contribution < -0.4 is 20.9 Å². The van der Waals surface area contributed by atoms with Gasteiger partial charge in [0.05, 0.1) is 6.61 Å². The van der Waals surface area contributed by atoms with Crippen LogP contribution >= 0.6 is 7.75 Å². The Hall–Kier alpha value is -4.79. The third kappa shape index (κ3) is 7.51. The van der Waals surface area contributed by atoms with Crippen LogP contribution in [0.5, 0.6) is 5.75 Å². The van der Waals surface area contributed by atoms with Crippen LogP contribution in [-0.2, 0) is 30.0 Å². The highest BCUT2D eigenvalue weighted by Gasteiger charge is 2.56. The Morgan fingerprint density at radius 3 is 2.52 bits per heavy atom. The molecule has 252 valence electrons. The fourth-order valence-electron chi connectivity index (χ4n) is 5.06. The Morgan fingerprint density at radius 2 is 1.81 bits per heavy atom. The van der Waals surface area contributed by atoms with Gasteiger partial charge in [0.2, 0.25) is 5.72 Å². The molecule has 4 N–H and O–H groups in total. The maximum atomic E-state index is 14.7. The van der Waals surface area contributed by atoms with Crippen LogP contribution in [0.1, 0.15) is 25.6 Å². The number of carbonyl (C=O) groups excluding carboxylic acids is 1. The van der Waals surface area contributed by atoms with Crippen LogP contribution in [0.4, 0.5) is 0 Å². The number of fused-ring (bicyclic) bond motifs is 1. The molecule has 0 bridgehead atoms. The van der Waals surface area contributed by atoms with Crippen molar-refractivity contribution in [1.82, 2.24) is 14.6 Å². The van der Waals surface area contributed by atoms with Gasteiger partial charge in [-0.15, -0.1) is 0 Å². The van der Waals surface area contributed by atoms with Gasteiger partial charge in [-0.1, -0.05) is 85.7 Å². The van der Waals surface area contributed by atoms with E-state index in [0.717, 1.165) is 27.8 Å². The average molecular weight is 681 g/mol. The van der Waals surface area contributed by atoms with Gasteiger partial charge in [0.15, 0.2) is 6.23 Å². The van der Waals surface area contributed by atoms with Crippen molar-refractivity contribution < 1.29 is 38.1 Å². The molecule has 1 saturated heterocycles. The number of aliphatic hydroxyl groups excluding tert-OH is 2. The van der Waals surface area contributed by atoms with E-state index in [9.17, 15) is 34.7 Å². The van der Waals surface area contributed by atoms with E-state index in [4.69, 9.17) is 18.5 Å². The van der Waals surface area contributed by atoms with Gasteiger partial charge in [0.25, 0.3) is 5.56 Å². The molecule has 0 radical (unpaired) electrons. The number of azide groups is 1. The van der Waals surface area contributed by atoms with Gasteiger partial charge >= 0.3 is 19.4 Å². The summed E-state index contributed by atoms with van der Waals surface area (Å²) in [5, 5.41) is 29.4. The van der Waals surface area contributed by atoms with E-state index in [2.05, 4.69) is 15.1 Å². The molecule has 2 heterocycles. The molecule has 0 aliphatic carbocycles. The van der Waals surface area contributed by atoms with E-state index < -0.39 is 67.7 Å². The molecule has 6 atom stereocenters. The molecule has 4 aromatic rings. The van der Waals surface area contributed by atoms with Crippen LogP contribution in [0.15, 0.2) is 99.8 Å². The smallest absolute Gasteiger partial charge is 0.459 e. The number of nitrogens with zero attached hydrogens (tertiary/aromatic N) is 4. The highest BCUT2D eigenvalue weighted by atomic mass is 31.2. The van der Waals surface area contributed by atoms with Gasteiger partial charge in [-0.05, 0) is 28.5 Å². The Kier molecular flexibility index (Phi) is 10.5. The van der Waals surface area contributed by atoms with Gasteiger partial charge in [-0.2, -0.15) is 5.09 Å². The lowest BCUT2D eigenvalue weighted by Crippen LogP contribution is -2.46. The second-order valence-electron chi connectivity index (χ2n) is 11.3. The zero-order chi connectivity index (χ0) is 34.5. The minimum Gasteiger partial charge on any atom is -0.460 e. The number of rotatable bonds is 13. The second-order valence-corrected chi connectivity index (χ2v) is 13.0. The first-order valence-electron chi connectivity index (χ1n) is 14.8. The lowest BCUT2D eigenvalue weighted by Gasteiger charge is -2.31. The van der Waals surface area contributed by atoms with E-state index in [1.54, 1.807) is 74.5 Å². The number of aromatic amines is 1. The van der Waals surface area contributed by atoms with Crippen LogP contribution in [0.3, 0.4) is 0 Å². The molecule has 1 fully saturated rings. The van der Waals surface area contributed by atoms with Crippen molar-refractivity contribution in [2.75, 3.05) is 6.61 Å². The quantitative estimate of drug-likeness (QED) is 0.0525. The topological polar surface area (TPSA) is 227 Å². The van der Waals surface area contributed by atoms with E-state index in [1.165, 1.54) is 6.07 Å². The van der Waals surface area contributed by atoms with E-state index in [1.807, 2.05) is 11.1 Å². The number of nitrogens with one attached hydrogen (secondary N) is 2. The molecular weight excluding hydrogens is 647 g/mol. The summed E-state index contributed by atoms with van der Waals surface area (Å²) in [5.74, 6) is -1.18. The molecule has 0 spiro atoms. The molecule has 0 amide bonds. The lowest BCUT2D eigenvalue weighted by atomic mass is 10.1. The summed E-state index contributed by atoms with van der Waals surface area (Å²) in [6.07, 6.45) is -4.56. The van der Waals surface area contributed by atoms with Gasteiger partial charge < -0.3 is 24.2 Å². The Labute approximate surface area is 273 Å². The number of carbonyl (C=O) groups is 1. The molecule has 1 aliphatic heterocycles. The van der Waals surface area contributed by atoms with Crippen molar-refractivity contribution in [2.45, 2.75) is 50.7 Å². The number of aliphatic hydroxyl groups is 2. The summed E-state index contributed by atoms with van der Waals surface area (Å²) in [6.45, 7) is 2.29. The summed E-state index contributed by atoms with van der Waals surface area (Å²) in [7, 11) is -4.70. The van der Waals surface area contributed by atoms with Crippen molar-refractivity contribution in [3.8, 4) is 5.75 Å². The van der Waals surface area contributed by atoms with Crippen molar-refractivity contribution in [3.63, 3.8) is 0 Å². The number of H-pyrrole nitrogens is 1. The van der Waals surface area contributed by atoms with Gasteiger partial charge in [-0.25, -0.2) is 9.36 Å². The minimum absolute atomic E-state index is 0.0661. The molecule has 17 heteroatoms. The highest BCUT2D eigenvalue weighted by Crippen LogP contribution is 2.50. The molecular formula is C31H33N6O10P. The Bertz CT molecular complexity index is 1980. The standard InChI is InChI=1S/C31H33N6O10P/c1-19(2)25(29(41)44-17-20-9-4-3-5-10-20)34-48(43,47-23-14-8-12-21-11-6-7-13-22(21)23)45-18-31(35-36-32)27(40)26(39)28(46-31)37-16-15-24(38)33-30(37)42/h3-16,19,25-28,39-40H,17-18H2,1-2H3,(H,34,43)(H,33,38,42)/t25-,26+,27-,28+,31+,48?/m0/s1. The SMILES string of the molecule is CC(C)[C@H](NP(=O)(OC[C@@]1(N=[N+]=[N-])O[C@@H](n2ccc(=O)[nH]c2=O)[C@H](O)[C@@H]1O)Oc1cccc2ccccc12)C(=O)OCc1ccccc1. The molecule has 3 aromatic carbocycles. The number of hydrogen-bond acceptors (Lipinski definition) is 11. The molecule has 1 aliphatic rings. The minimum atomic E-state index is -4.70. The van der Waals surface area contributed by atoms with Crippen molar-refractivity contribution in [1.29, 1.82) is 0 Å². The van der Waals surface area contributed by atoms with Crippen LogP contribution in [-0.4, -0.2) is 56.3 Å². The maximum absolute atomic E-state index is 14.7. The second kappa shape index (κ2) is 14.5. The van der Waals surface area contributed by atoms with E-state index in [0.29, 0.717) is 5.39 Å². The first-order valence-corrected chi connectivity index (χ1v) is 16.3. The number of ether oxygens (including phenoxy) is 2. The Balaban J connectivity index is 1.47. The summed E-state index contributed by atoms with van der Waals surface area (Å²) in [6, 6.07) is 20.7. The maximum Gasteiger partial charge on any atom is 0.459 e. The average Bonchev–Trinajstić information content (AvgIpc) is 3.31. The first-order chi connectivity index (χ1) is 22.9. The van der Waals surface area contributed by atoms with Gasteiger partial charge in [-0.3, -0.25) is 23.7 Å². The van der Waals surface area contributed by atoms with Gasteiger partial charge in [0, 0.05) is 22.6 Å². The zero-order valence-corrected chi connectivity index (χ0v) is 26.7. The van der Waals surface area contributed by atoms with Crippen molar-refractivity contribution in [3.05, 3.63) is 122 Å². The highest BCUT2D eigenvalue weighted by molar-refractivity contribution is 7.52. The predicted octanol–water partition coefficient (Wildman–Crippen LogP) is 3.51. The van der Waals surface area contributed by atoms with Crippen molar-refractivity contribution >= 4 is 24.5 Å². The summed E-state index contributed by atoms with van der Waals surface area (Å²) >= 11 is 0. The fraction of sp³-hybridized carbons (Fsp3) is 0.323. The monoisotopic (exact) mass is 680 g/mol. The summed E-state index contributed by atoms with van der Waals surface area (Å²) in [4.78, 5) is 42.1. The zero-order valence-electron chi connectivity index (χ0n) is 25.8. The lowest BCUT2D eigenvalue weighted by molar-refractivity contribution is -0.148. The predicted molar refractivity (Wildman–Crippen MR) is 171 cm³/mol. The van der Waals surface area contributed by atoms with Crippen LogP contribution in [0.25, 0.3) is 21.2 Å². The summed E-state index contributed by atoms with van der Waals surface area (Å²) in [5.41, 5.74) is 5.95. The van der Waals surface area contributed by atoms with Gasteiger partial charge in [0.1, 0.15) is 30.6 Å². The largest absolute Gasteiger partial charge is 0.460 e. The van der Waals surface area contributed by atoms with Crippen molar-refractivity contribution in [2.24, 2.45) is 11.0 Å². The third-order valence-corrected chi connectivity index (χ3v) is 9.09. The number of benzene rings is 3. The number of aromatic nitrogens is 2. The van der Waals surface area contributed by atoms with Crippen LogP contribution in [0.2, 0.25) is 0 Å². The van der Waals surface area contributed by atoms with Crippen LogP contribution in [0, 0.1) is 5.92 Å². The molecule has 0 saturated carbocycles. The summed E-state index contributed by atoms with van der Waals surface area (Å²) < 4.78 is 38.4.